The molecule has 0 radical (unpaired) electrons. The fourth-order valence-electron chi connectivity index (χ4n) is 2.03. The highest BCUT2D eigenvalue weighted by Gasteiger charge is 2.38. The number of alkyl carbamates (subject to hydrolysis) is 1. The summed E-state index contributed by atoms with van der Waals surface area (Å²) in [6.07, 6.45) is 0.594. The molecule has 116 valence electrons. The molecule has 0 heterocycles. The minimum atomic E-state index is -0.453. The van der Waals surface area contributed by atoms with Gasteiger partial charge in [0, 0.05) is 18.6 Å². The largest absolute Gasteiger partial charge is 0.497 e. The van der Waals surface area contributed by atoms with Gasteiger partial charge in [-0.2, -0.15) is 0 Å². The van der Waals surface area contributed by atoms with Gasteiger partial charge in [0.2, 0.25) is 0 Å². The number of carbonyl (C=O) groups excluding carboxylic acids is 1. The highest BCUT2D eigenvalue weighted by molar-refractivity contribution is 5.68. The van der Waals surface area contributed by atoms with Crippen molar-refractivity contribution >= 4 is 6.09 Å². The van der Waals surface area contributed by atoms with Gasteiger partial charge < -0.3 is 20.1 Å². The van der Waals surface area contributed by atoms with E-state index in [1.54, 1.807) is 7.11 Å². The number of hydrogen-bond donors (Lipinski definition) is 2. The molecule has 0 spiro atoms. The zero-order valence-corrected chi connectivity index (χ0v) is 13.1. The normalized spacial score (nSPS) is 20.8. The molecule has 1 aliphatic carbocycles. The van der Waals surface area contributed by atoms with E-state index in [0.717, 1.165) is 18.7 Å². The second-order valence-electron chi connectivity index (χ2n) is 6.32. The maximum absolute atomic E-state index is 11.6. The van der Waals surface area contributed by atoms with E-state index in [4.69, 9.17) is 9.47 Å². The zero-order chi connectivity index (χ0) is 15.5. The quantitative estimate of drug-likeness (QED) is 0.875. The van der Waals surface area contributed by atoms with E-state index in [1.165, 1.54) is 5.56 Å². The average Bonchev–Trinajstić information content (AvgIpc) is 3.12. The lowest BCUT2D eigenvalue weighted by atomic mass is 10.2. The summed E-state index contributed by atoms with van der Waals surface area (Å²) in [6, 6.07) is 8.44. The summed E-state index contributed by atoms with van der Waals surface area (Å²) < 4.78 is 10.4. The third-order valence-electron chi connectivity index (χ3n) is 3.22. The first-order valence-electron chi connectivity index (χ1n) is 7.23. The van der Waals surface area contributed by atoms with Crippen LogP contribution in [-0.4, -0.2) is 30.9 Å². The van der Waals surface area contributed by atoms with Crippen molar-refractivity contribution in [3.8, 4) is 5.75 Å². The highest BCUT2D eigenvalue weighted by atomic mass is 16.6. The number of rotatable bonds is 5. The van der Waals surface area contributed by atoms with E-state index in [9.17, 15) is 4.79 Å². The van der Waals surface area contributed by atoms with E-state index in [1.807, 2.05) is 45.0 Å². The summed E-state index contributed by atoms with van der Waals surface area (Å²) >= 11 is 0. The van der Waals surface area contributed by atoms with Gasteiger partial charge in [0.05, 0.1) is 7.11 Å². The Morgan fingerprint density at radius 1 is 1.24 bits per heavy atom. The molecule has 5 nitrogen and oxygen atoms in total. The molecule has 1 saturated carbocycles. The first-order chi connectivity index (χ1) is 9.87. The average molecular weight is 292 g/mol. The van der Waals surface area contributed by atoms with Gasteiger partial charge >= 0.3 is 6.09 Å². The third-order valence-corrected chi connectivity index (χ3v) is 3.22. The Morgan fingerprint density at radius 3 is 2.48 bits per heavy atom. The van der Waals surface area contributed by atoms with Gasteiger partial charge in [0.15, 0.2) is 0 Å². The van der Waals surface area contributed by atoms with Crippen LogP contribution in [0, 0.1) is 0 Å². The van der Waals surface area contributed by atoms with Gasteiger partial charge in [-0.05, 0) is 44.9 Å². The van der Waals surface area contributed by atoms with Crippen LogP contribution in [0.3, 0.4) is 0 Å². The van der Waals surface area contributed by atoms with Crippen molar-refractivity contribution in [1.29, 1.82) is 0 Å². The van der Waals surface area contributed by atoms with Crippen LogP contribution in [0.15, 0.2) is 24.3 Å². The van der Waals surface area contributed by atoms with Crippen LogP contribution in [0.5, 0.6) is 5.75 Å². The predicted octanol–water partition coefficient (Wildman–Crippen LogP) is 2.45. The number of amides is 1. The standard InChI is InChI=1S/C16H24N2O3/c1-16(2,3)21-15(19)18-14-9-13(14)17-10-11-5-7-12(20-4)8-6-11/h5-8,13-14,17H,9-10H2,1-4H3,(H,18,19). The monoisotopic (exact) mass is 292 g/mol. The molecule has 1 fully saturated rings. The van der Waals surface area contributed by atoms with Crippen molar-refractivity contribution in [3.05, 3.63) is 29.8 Å². The second-order valence-corrected chi connectivity index (χ2v) is 6.32. The van der Waals surface area contributed by atoms with E-state index in [0.29, 0.717) is 6.04 Å². The molecule has 2 rings (SSSR count). The van der Waals surface area contributed by atoms with E-state index >= 15 is 0 Å². The Balaban J connectivity index is 1.68. The summed E-state index contributed by atoms with van der Waals surface area (Å²) in [7, 11) is 1.66. The van der Waals surface area contributed by atoms with Crippen LogP contribution in [0.4, 0.5) is 4.79 Å². The summed E-state index contributed by atoms with van der Waals surface area (Å²) in [5.74, 6) is 0.856. The molecule has 0 aliphatic heterocycles. The molecule has 5 heteroatoms. The summed E-state index contributed by atoms with van der Waals surface area (Å²) in [6.45, 7) is 6.36. The predicted molar refractivity (Wildman–Crippen MR) is 81.4 cm³/mol. The number of hydrogen-bond acceptors (Lipinski definition) is 4. The van der Waals surface area contributed by atoms with Crippen LogP contribution < -0.4 is 15.4 Å². The van der Waals surface area contributed by atoms with E-state index < -0.39 is 5.60 Å². The van der Waals surface area contributed by atoms with Crippen molar-refractivity contribution in [2.45, 2.75) is 51.4 Å². The van der Waals surface area contributed by atoms with Crippen molar-refractivity contribution in [2.24, 2.45) is 0 Å². The summed E-state index contributed by atoms with van der Waals surface area (Å²) in [5, 5.41) is 6.29. The first kappa shape index (κ1) is 15.6. The van der Waals surface area contributed by atoms with Crippen molar-refractivity contribution in [2.75, 3.05) is 7.11 Å². The summed E-state index contributed by atoms with van der Waals surface area (Å²) in [5.41, 5.74) is 0.740. The minimum absolute atomic E-state index is 0.165. The van der Waals surface area contributed by atoms with Crippen molar-refractivity contribution in [1.82, 2.24) is 10.6 Å². The first-order valence-corrected chi connectivity index (χ1v) is 7.23. The van der Waals surface area contributed by atoms with Crippen LogP contribution in [0.2, 0.25) is 0 Å². The lowest BCUT2D eigenvalue weighted by molar-refractivity contribution is 0.0522. The Kier molecular flexibility index (Phi) is 4.73. The molecule has 1 aromatic rings. The lowest BCUT2D eigenvalue weighted by Crippen LogP contribution is -2.36. The molecule has 2 unspecified atom stereocenters. The number of nitrogens with one attached hydrogen (secondary N) is 2. The van der Waals surface area contributed by atoms with Crippen LogP contribution >= 0.6 is 0 Å². The minimum Gasteiger partial charge on any atom is -0.497 e. The molecule has 2 atom stereocenters. The van der Waals surface area contributed by atoms with Gasteiger partial charge in [0.25, 0.3) is 0 Å². The van der Waals surface area contributed by atoms with Gasteiger partial charge in [-0.1, -0.05) is 12.1 Å². The molecule has 1 aliphatic rings. The molecule has 1 amide bonds. The van der Waals surface area contributed by atoms with E-state index in [2.05, 4.69) is 10.6 Å². The van der Waals surface area contributed by atoms with Crippen LogP contribution in [0.25, 0.3) is 0 Å². The fourth-order valence-corrected chi connectivity index (χ4v) is 2.03. The molecule has 0 aromatic heterocycles. The third kappa shape index (κ3) is 5.27. The Morgan fingerprint density at radius 2 is 1.90 bits per heavy atom. The molecule has 2 N–H and O–H groups in total. The number of ether oxygens (including phenoxy) is 2. The topological polar surface area (TPSA) is 59.6 Å². The van der Waals surface area contributed by atoms with Crippen molar-refractivity contribution < 1.29 is 14.3 Å². The van der Waals surface area contributed by atoms with Gasteiger partial charge in [0.1, 0.15) is 11.4 Å². The Hall–Kier alpha value is -1.75. The maximum atomic E-state index is 11.6. The molecule has 1 aromatic carbocycles. The SMILES string of the molecule is COc1ccc(CNC2CC2NC(=O)OC(C)(C)C)cc1. The molecule has 21 heavy (non-hydrogen) atoms. The van der Waals surface area contributed by atoms with E-state index in [-0.39, 0.29) is 12.1 Å². The highest BCUT2D eigenvalue weighted by Crippen LogP contribution is 2.22. The number of carbonyl (C=O) groups is 1. The fraction of sp³-hybridized carbons (Fsp3) is 0.562. The second kappa shape index (κ2) is 6.35. The summed E-state index contributed by atoms with van der Waals surface area (Å²) in [4.78, 5) is 11.6. The molecular weight excluding hydrogens is 268 g/mol. The van der Waals surface area contributed by atoms with Crippen molar-refractivity contribution in [3.63, 3.8) is 0 Å². The number of methoxy groups -OCH3 is 1. The molecular formula is C16H24N2O3. The zero-order valence-electron chi connectivity index (χ0n) is 13.1. The molecule has 0 bridgehead atoms. The van der Waals surface area contributed by atoms with Crippen LogP contribution in [0.1, 0.15) is 32.8 Å². The Labute approximate surface area is 126 Å². The maximum Gasteiger partial charge on any atom is 0.407 e. The smallest absolute Gasteiger partial charge is 0.407 e. The van der Waals surface area contributed by atoms with Gasteiger partial charge in [-0.15, -0.1) is 0 Å². The lowest BCUT2D eigenvalue weighted by Gasteiger charge is -2.19. The Bertz CT molecular complexity index is 479. The van der Waals surface area contributed by atoms with Gasteiger partial charge in [-0.25, -0.2) is 4.79 Å². The number of benzene rings is 1. The van der Waals surface area contributed by atoms with Gasteiger partial charge in [-0.3, -0.25) is 0 Å². The van der Waals surface area contributed by atoms with Crippen LogP contribution in [-0.2, 0) is 11.3 Å². The molecule has 0 saturated heterocycles.